The summed E-state index contributed by atoms with van der Waals surface area (Å²) in [6.45, 7) is 14.5. The molecule has 0 rings (SSSR count). The number of esters is 2. The number of nitrogens with zero attached hydrogens (tertiary/aromatic N) is 1. The second kappa shape index (κ2) is 35.7. The molecular weight excluding hydrogens is 584 g/mol. The predicted molar refractivity (Wildman–Crippen MR) is 202 cm³/mol. The number of carbonyl (C=O) groups excluding carboxylic acids is 2. The molecule has 2 N–H and O–H groups in total. The van der Waals surface area contributed by atoms with Gasteiger partial charge in [-0.15, -0.1) is 0 Å². The number of hydrogen-bond donors (Lipinski definition) is 1. The molecular formula is C41H80N2O4. The van der Waals surface area contributed by atoms with E-state index in [0.29, 0.717) is 19.4 Å². The van der Waals surface area contributed by atoms with Crippen molar-refractivity contribution < 1.29 is 19.1 Å². The van der Waals surface area contributed by atoms with Gasteiger partial charge in [0.25, 0.3) is 0 Å². The monoisotopic (exact) mass is 665 g/mol. The minimum absolute atomic E-state index is 0.0121. The van der Waals surface area contributed by atoms with E-state index in [1.165, 1.54) is 109 Å². The first-order chi connectivity index (χ1) is 22.9. The van der Waals surface area contributed by atoms with Gasteiger partial charge in [-0.05, 0) is 90.3 Å². The lowest BCUT2D eigenvalue weighted by Crippen LogP contribution is -2.27. The molecule has 0 aliphatic heterocycles. The number of rotatable bonds is 37. The van der Waals surface area contributed by atoms with E-state index in [4.69, 9.17) is 15.2 Å². The van der Waals surface area contributed by atoms with Crippen LogP contribution in [0.2, 0.25) is 0 Å². The van der Waals surface area contributed by atoms with Crippen molar-refractivity contribution in [3.63, 3.8) is 0 Å². The molecule has 6 heteroatoms. The minimum Gasteiger partial charge on any atom is -0.466 e. The third-order valence-electron chi connectivity index (χ3n) is 9.25. The number of unbranched alkanes of at least 4 members (excludes halogenated alkanes) is 18. The van der Waals surface area contributed by atoms with Crippen molar-refractivity contribution in [3.05, 3.63) is 12.3 Å². The van der Waals surface area contributed by atoms with Gasteiger partial charge in [0.15, 0.2) is 0 Å². The quantitative estimate of drug-likeness (QED) is 0.0526. The lowest BCUT2D eigenvalue weighted by atomic mass is 10.0. The molecule has 1 unspecified atom stereocenters. The van der Waals surface area contributed by atoms with E-state index in [-0.39, 0.29) is 18.0 Å². The number of allylic oxidation sites excluding steroid dienone is 1. The van der Waals surface area contributed by atoms with Gasteiger partial charge >= 0.3 is 11.9 Å². The van der Waals surface area contributed by atoms with Gasteiger partial charge in [-0.1, -0.05) is 130 Å². The highest BCUT2D eigenvalue weighted by Crippen LogP contribution is 2.17. The largest absolute Gasteiger partial charge is 0.466 e. The molecule has 0 bridgehead atoms. The van der Waals surface area contributed by atoms with E-state index in [0.717, 1.165) is 89.5 Å². The van der Waals surface area contributed by atoms with E-state index >= 15 is 0 Å². The summed E-state index contributed by atoms with van der Waals surface area (Å²) in [5.41, 5.74) is 6.60. The van der Waals surface area contributed by atoms with Crippen LogP contribution in [0.15, 0.2) is 12.3 Å². The third-order valence-corrected chi connectivity index (χ3v) is 9.25. The summed E-state index contributed by atoms with van der Waals surface area (Å²) in [5, 5.41) is 0. The van der Waals surface area contributed by atoms with Crippen molar-refractivity contribution in [1.82, 2.24) is 4.90 Å². The summed E-state index contributed by atoms with van der Waals surface area (Å²) in [4.78, 5) is 27.1. The van der Waals surface area contributed by atoms with Crippen molar-refractivity contribution in [2.24, 2.45) is 5.73 Å². The first-order valence-electron chi connectivity index (χ1n) is 20.4. The predicted octanol–water partition coefficient (Wildman–Crippen LogP) is 11.6. The smallest absolute Gasteiger partial charge is 0.306 e. The topological polar surface area (TPSA) is 81.9 Å². The molecule has 0 aromatic carbocycles. The van der Waals surface area contributed by atoms with Crippen molar-refractivity contribution in [1.29, 1.82) is 0 Å². The number of hydrogen-bond acceptors (Lipinski definition) is 6. The maximum Gasteiger partial charge on any atom is 0.306 e. The lowest BCUT2D eigenvalue weighted by molar-refractivity contribution is -0.150. The fourth-order valence-electron chi connectivity index (χ4n) is 6.20. The zero-order chi connectivity index (χ0) is 34.6. The molecule has 0 fully saturated rings. The van der Waals surface area contributed by atoms with Crippen LogP contribution < -0.4 is 5.73 Å². The Morgan fingerprint density at radius 3 is 1.53 bits per heavy atom. The lowest BCUT2D eigenvalue weighted by Gasteiger charge is -2.22. The summed E-state index contributed by atoms with van der Waals surface area (Å²) in [6, 6.07) is 0. The Balaban J connectivity index is 4.07. The van der Waals surface area contributed by atoms with Gasteiger partial charge in [-0.2, -0.15) is 0 Å². The van der Waals surface area contributed by atoms with E-state index in [9.17, 15) is 9.59 Å². The van der Waals surface area contributed by atoms with E-state index in [2.05, 4.69) is 32.3 Å². The Morgan fingerprint density at radius 2 is 0.957 bits per heavy atom. The van der Waals surface area contributed by atoms with Gasteiger partial charge in [0.2, 0.25) is 0 Å². The van der Waals surface area contributed by atoms with E-state index in [1.54, 1.807) is 0 Å². The maximum absolute atomic E-state index is 12.5. The molecule has 47 heavy (non-hydrogen) atoms. The summed E-state index contributed by atoms with van der Waals surface area (Å²) >= 11 is 0. The Labute approximate surface area is 292 Å². The van der Waals surface area contributed by atoms with Gasteiger partial charge in [0.1, 0.15) is 6.10 Å². The highest BCUT2D eigenvalue weighted by molar-refractivity contribution is 5.69. The van der Waals surface area contributed by atoms with Crippen molar-refractivity contribution >= 4 is 11.9 Å². The van der Waals surface area contributed by atoms with Crippen LogP contribution in [0, 0.1) is 0 Å². The van der Waals surface area contributed by atoms with Crippen LogP contribution in [0.3, 0.4) is 0 Å². The van der Waals surface area contributed by atoms with Crippen LogP contribution in [0.5, 0.6) is 0 Å². The average molecular weight is 665 g/mol. The van der Waals surface area contributed by atoms with Gasteiger partial charge in [0, 0.05) is 18.5 Å². The molecule has 0 amide bonds. The highest BCUT2D eigenvalue weighted by Gasteiger charge is 2.14. The van der Waals surface area contributed by atoms with Gasteiger partial charge in [-0.3, -0.25) is 9.59 Å². The fourth-order valence-corrected chi connectivity index (χ4v) is 6.20. The van der Waals surface area contributed by atoms with Crippen LogP contribution in [0.1, 0.15) is 207 Å². The van der Waals surface area contributed by atoms with E-state index < -0.39 is 0 Å². The van der Waals surface area contributed by atoms with Gasteiger partial charge in [-0.25, -0.2) is 0 Å². The van der Waals surface area contributed by atoms with Crippen LogP contribution in [-0.2, 0) is 19.1 Å². The minimum atomic E-state index is -0.0224. The molecule has 1 atom stereocenters. The number of ether oxygens (including phenoxy) is 2. The SMILES string of the molecule is C=C(N)CCCN(CCCCCCCC(=O)OCCCCCCCC)CCCCCCCC(=O)OC(CCCCC)CCCCCC. The van der Waals surface area contributed by atoms with Crippen molar-refractivity contribution in [2.45, 2.75) is 213 Å². The highest BCUT2D eigenvalue weighted by atomic mass is 16.5. The number of nitrogens with two attached hydrogens (primary N) is 1. The van der Waals surface area contributed by atoms with Crippen LogP contribution in [-0.4, -0.2) is 49.2 Å². The summed E-state index contributed by atoms with van der Waals surface area (Å²) < 4.78 is 11.3. The second-order valence-corrected chi connectivity index (χ2v) is 14.1. The molecule has 0 aromatic heterocycles. The molecule has 0 aliphatic rings. The molecule has 0 radical (unpaired) electrons. The molecule has 0 heterocycles. The number of carbonyl (C=O) groups is 2. The second-order valence-electron chi connectivity index (χ2n) is 14.1. The molecule has 6 nitrogen and oxygen atoms in total. The summed E-state index contributed by atoms with van der Waals surface area (Å²) in [5.74, 6) is -0.0103. The molecule has 278 valence electrons. The van der Waals surface area contributed by atoms with E-state index in [1.807, 2.05) is 0 Å². The van der Waals surface area contributed by atoms with Crippen LogP contribution >= 0.6 is 0 Å². The first kappa shape index (κ1) is 45.4. The maximum atomic E-state index is 12.5. The zero-order valence-corrected chi connectivity index (χ0v) is 31.8. The summed E-state index contributed by atoms with van der Waals surface area (Å²) in [7, 11) is 0. The molecule has 0 aliphatic carbocycles. The van der Waals surface area contributed by atoms with Gasteiger partial charge < -0.3 is 20.1 Å². The Kier molecular flexibility index (Phi) is 34.6. The van der Waals surface area contributed by atoms with Crippen molar-refractivity contribution in [3.8, 4) is 0 Å². The molecule has 0 aromatic rings. The van der Waals surface area contributed by atoms with Crippen LogP contribution in [0.4, 0.5) is 0 Å². The Morgan fingerprint density at radius 1 is 0.532 bits per heavy atom. The molecule has 0 saturated carbocycles. The van der Waals surface area contributed by atoms with Crippen LogP contribution in [0.25, 0.3) is 0 Å². The Hall–Kier alpha value is -1.56. The normalized spacial score (nSPS) is 12.0. The molecule has 0 spiro atoms. The van der Waals surface area contributed by atoms with Gasteiger partial charge in [0.05, 0.1) is 6.61 Å². The third kappa shape index (κ3) is 34.1. The Bertz CT molecular complexity index is 714. The van der Waals surface area contributed by atoms with Crippen molar-refractivity contribution in [2.75, 3.05) is 26.2 Å². The zero-order valence-electron chi connectivity index (χ0n) is 31.8. The first-order valence-corrected chi connectivity index (χ1v) is 20.4. The average Bonchev–Trinajstić information content (AvgIpc) is 3.04. The molecule has 0 saturated heterocycles. The fraction of sp³-hybridized carbons (Fsp3) is 0.902. The standard InChI is InChI=1S/C41H80N2O4/c1-5-8-11-13-20-27-37-46-40(44)32-23-16-14-18-25-34-43(36-28-29-38(4)42)35-26-19-15-17-24-33-41(45)47-39(30-21-10-7-3)31-22-12-9-6-2/h39H,4-37,42H2,1-3H3. The summed E-state index contributed by atoms with van der Waals surface area (Å²) in [6.07, 6.45) is 32.3.